The van der Waals surface area contributed by atoms with Crippen LogP contribution in [0.15, 0.2) is 47.4 Å². The molecule has 1 amide bonds. The Morgan fingerprint density at radius 1 is 1.32 bits per heavy atom. The molecule has 0 unspecified atom stereocenters. The van der Waals surface area contributed by atoms with Gasteiger partial charge in [-0.25, -0.2) is 4.39 Å². The smallest absolute Gasteiger partial charge is 0.253 e. The van der Waals surface area contributed by atoms with E-state index in [4.69, 9.17) is 0 Å². The number of pyridine rings is 1. The number of nitrogens with one attached hydrogen (secondary N) is 1. The molecule has 1 heterocycles. The molecule has 0 saturated heterocycles. The highest BCUT2D eigenvalue weighted by atomic mass is 19.1. The van der Waals surface area contributed by atoms with E-state index < -0.39 is 0 Å². The summed E-state index contributed by atoms with van der Waals surface area (Å²) in [5.74, 6) is -0.645. The number of halogens is 1. The number of hydrogen-bond donors (Lipinski definition) is 1. The van der Waals surface area contributed by atoms with Gasteiger partial charge in [0.2, 0.25) is 5.56 Å². The lowest BCUT2D eigenvalue weighted by Gasteiger charge is -2.06. The molecule has 0 spiro atoms. The van der Waals surface area contributed by atoms with Crippen LogP contribution in [0.1, 0.15) is 15.9 Å². The average molecular weight is 260 g/mol. The Morgan fingerprint density at radius 2 is 2.11 bits per heavy atom. The van der Waals surface area contributed by atoms with Gasteiger partial charge in [0.15, 0.2) is 0 Å². The predicted octanol–water partition coefficient (Wildman–Crippen LogP) is 1.45. The molecule has 0 radical (unpaired) electrons. The van der Waals surface area contributed by atoms with Crippen molar-refractivity contribution in [2.24, 2.45) is 7.05 Å². The highest BCUT2D eigenvalue weighted by Crippen LogP contribution is 2.03. The number of carbonyl (C=O) groups is 1. The molecule has 19 heavy (non-hydrogen) atoms. The second kappa shape index (κ2) is 5.48. The van der Waals surface area contributed by atoms with Crippen molar-refractivity contribution in [2.45, 2.75) is 6.54 Å². The summed E-state index contributed by atoms with van der Waals surface area (Å²) in [5.41, 5.74) is 0.887. The minimum atomic E-state index is -0.339. The fourth-order valence-electron chi connectivity index (χ4n) is 1.66. The molecule has 0 aliphatic carbocycles. The molecule has 5 heteroatoms. The van der Waals surface area contributed by atoms with Gasteiger partial charge in [0.05, 0.1) is 5.56 Å². The normalized spacial score (nSPS) is 10.2. The van der Waals surface area contributed by atoms with Crippen LogP contribution in [0.3, 0.4) is 0 Å². The van der Waals surface area contributed by atoms with Gasteiger partial charge in [-0.2, -0.15) is 0 Å². The molecule has 0 bridgehead atoms. The summed E-state index contributed by atoms with van der Waals surface area (Å²) < 4.78 is 14.3. The zero-order valence-electron chi connectivity index (χ0n) is 10.4. The van der Waals surface area contributed by atoms with Crippen molar-refractivity contribution in [3.05, 3.63) is 69.9 Å². The number of aryl methyl sites for hydroxylation is 1. The van der Waals surface area contributed by atoms with E-state index >= 15 is 0 Å². The summed E-state index contributed by atoms with van der Waals surface area (Å²) in [6.45, 7) is 0.236. The van der Waals surface area contributed by atoms with Gasteiger partial charge >= 0.3 is 0 Å². The molecular weight excluding hydrogens is 247 g/mol. The van der Waals surface area contributed by atoms with Crippen molar-refractivity contribution in [1.82, 2.24) is 9.88 Å². The van der Waals surface area contributed by atoms with E-state index in [1.807, 2.05) is 0 Å². The van der Waals surface area contributed by atoms with Crippen LogP contribution in [-0.4, -0.2) is 10.5 Å². The van der Waals surface area contributed by atoms with Crippen LogP contribution < -0.4 is 10.9 Å². The molecule has 0 atom stereocenters. The third kappa shape index (κ3) is 3.28. The molecule has 98 valence electrons. The van der Waals surface area contributed by atoms with Gasteiger partial charge in [0.25, 0.3) is 5.91 Å². The molecule has 4 nitrogen and oxygen atoms in total. The van der Waals surface area contributed by atoms with Crippen molar-refractivity contribution in [2.75, 3.05) is 0 Å². The summed E-state index contributed by atoms with van der Waals surface area (Å²) in [7, 11) is 1.58. The Bertz CT molecular complexity index is 664. The van der Waals surface area contributed by atoms with Crippen LogP contribution >= 0.6 is 0 Å². The van der Waals surface area contributed by atoms with Gasteiger partial charge in [0.1, 0.15) is 5.82 Å². The van der Waals surface area contributed by atoms with Crippen molar-refractivity contribution < 1.29 is 9.18 Å². The van der Waals surface area contributed by atoms with Gasteiger partial charge in [-0.05, 0) is 23.8 Å². The fraction of sp³-hybridized carbons (Fsp3) is 0.143. The first-order chi connectivity index (χ1) is 9.06. The second-order valence-electron chi connectivity index (χ2n) is 4.18. The maximum absolute atomic E-state index is 13.0. The van der Waals surface area contributed by atoms with Crippen molar-refractivity contribution in [3.8, 4) is 0 Å². The standard InChI is InChI=1S/C14H13FN2O2/c1-17-9-11(5-6-13(17)18)14(19)16-8-10-3-2-4-12(15)7-10/h2-7,9H,8H2,1H3,(H,16,19). The molecule has 0 aliphatic heterocycles. The lowest BCUT2D eigenvalue weighted by Crippen LogP contribution is -2.25. The largest absolute Gasteiger partial charge is 0.348 e. The lowest BCUT2D eigenvalue weighted by atomic mass is 10.2. The second-order valence-corrected chi connectivity index (χ2v) is 4.18. The van der Waals surface area contributed by atoms with E-state index in [-0.39, 0.29) is 23.8 Å². The van der Waals surface area contributed by atoms with Gasteiger partial charge in [-0.3, -0.25) is 9.59 Å². The molecule has 2 rings (SSSR count). The number of benzene rings is 1. The topological polar surface area (TPSA) is 51.1 Å². The predicted molar refractivity (Wildman–Crippen MR) is 69.3 cm³/mol. The van der Waals surface area contributed by atoms with Crippen LogP contribution in [0.5, 0.6) is 0 Å². The summed E-state index contributed by atoms with van der Waals surface area (Å²) >= 11 is 0. The van der Waals surface area contributed by atoms with E-state index in [0.29, 0.717) is 11.1 Å². The quantitative estimate of drug-likeness (QED) is 0.908. The minimum absolute atomic E-state index is 0.179. The molecule has 0 aliphatic rings. The number of nitrogens with zero attached hydrogens (tertiary/aromatic N) is 1. The number of hydrogen-bond acceptors (Lipinski definition) is 2. The van der Waals surface area contributed by atoms with Crippen molar-refractivity contribution >= 4 is 5.91 Å². The van der Waals surface area contributed by atoms with Gasteiger partial charge in [-0.15, -0.1) is 0 Å². The molecule has 0 fully saturated rings. The first kappa shape index (κ1) is 13.0. The monoisotopic (exact) mass is 260 g/mol. The highest BCUT2D eigenvalue weighted by Gasteiger charge is 2.06. The maximum atomic E-state index is 13.0. The first-order valence-corrected chi connectivity index (χ1v) is 5.75. The van der Waals surface area contributed by atoms with Gasteiger partial charge in [-0.1, -0.05) is 12.1 Å². The summed E-state index contributed by atoms with van der Waals surface area (Å²) in [5, 5.41) is 2.67. The third-order valence-electron chi connectivity index (χ3n) is 2.69. The van der Waals surface area contributed by atoms with Crippen molar-refractivity contribution in [3.63, 3.8) is 0 Å². The molecule has 2 aromatic rings. The van der Waals surface area contributed by atoms with E-state index in [9.17, 15) is 14.0 Å². The van der Waals surface area contributed by atoms with Crippen LogP contribution in [0, 0.1) is 5.82 Å². The third-order valence-corrected chi connectivity index (χ3v) is 2.69. The fourth-order valence-corrected chi connectivity index (χ4v) is 1.66. The zero-order valence-corrected chi connectivity index (χ0v) is 10.4. The van der Waals surface area contributed by atoms with Crippen LogP contribution in [0.25, 0.3) is 0 Å². The van der Waals surface area contributed by atoms with Crippen LogP contribution in [0.4, 0.5) is 4.39 Å². The number of carbonyl (C=O) groups excluding carboxylic acids is 1. The van der Waals surface area contributed by atoms with E-state index in [2.05, 4.69) is 5.32 Å². The number of aromatic nitrogens is 1. The van der Waals surface area contributed by atoms with E-state index in [1.54, 1.807) is 19.2 Å². The lowest BCUT2D eigenvalue weighted by molar-refractivity contribution is 0.0950. The van der Waals surface area contributed by atoms with Crippen LogP contribution in [0.2, 0.25) is 0 Å². The Labute approximate surface area is 109 Å². The average Bonchev–Trinajstić information content (AvgIpc) is 2.39. The minimum Gasteiger partial charge on any atom is -0.348 e. The Morgan fingerprint density at radius 3 is 2.79 bits per heavy atom. The molecule has 1 N–H and O–H groups in total. The Balaban J connectivity index is 2.05. The number of rotatable bonds is 3. The van der Waals surface area contributed by atoms with Gasteiger partial charge in [0, 0.05) is 25.9 Å². The zero-order chi connectivity index (χ0) is 13.8. The van der Waals surface area contributed by atoms with E-state index in [1.165, 1.54) is 35.0 Å². The summed E-state index contributed by atoms with van der Waals surface area (Å²) in [4.78, 5) is 23.0. The Hall–Kier alpha value is -2.43. The SMILES string of the molecule is Cn1cc(C(=O)NCc2cccc(F)c2)ccc1=O. The molecular formula is C14H13FN2O2. The summed E-state index contributed by atoms with van der Waals surface area (Å²) in [6, 6.07) is 8.81. The Kier molecular flexibility index (Phi) is 3.75. The van der Waals surface area contributed by atoms with E-state index in [0.717, 1.165) is 0 Å². The molecule has 1 aromatic heterocycles. The first-order valence-electron chi connectivity index (χ1n) is 5.75. The number of amides is 1. The molecule has 1 aromatic carbocycles. The van der Waals surface area contributed by atoms with Crippen LogP contribution in [-0.2, 0) is 13.6 Å². The van der Waals surface area contributed by atoms with Gasteiger partial charge < -0.3 is 9.88 Å². The highest BCUT2D eigenvalue weighted by molar-refractivity contribution is 5.93. The van der Waals surface area contributed by atoms with Crippen molar-refractivity contribution in [1.29, 1.82) is 0 Å². The maximum Gasteiger partial charge on any atom is 0.253 e. The summed E-state index contributed by atoms with van der Waals surface area (Å²) in [6.07, 6.45) is 1.46. The molecule has 0 saturated carbocycles.